The van der Waals surface area contributed by atoms with Crippen molar-refractivity contribution in [1.29, 1.82) is 0 Å². The number of hydrogen-bond donors (Lipinski definition) is 0. The van der Waals surface area contributed by atoms with Gasteiger partial charge >= 0.3 is 5.69 Å². The Bertz CT molecular complexity index is 1060. The number of aromatic nitrogens is 4. The van der Waals surface area contributed by atoms with Gasteiger partial charge in [-0.1, -0.05) is 18.2 Å². The van der Waals surface area contributed by atoms with Crippen molar-refractivity contribution < 1.29 is 4.39 Å². The second kappa shape index (κ2) is 6.20. The highest BCUT2D eigenvalue weighted by molar-refractivity contribution is 7.98. The fraction of sp³-hybridized carbons (Fsp3) is 0.250. The first-order valence-corrected chi connectivity index (χ1v) is 8.19. The van der Waals surface area contributed by atoms with Crippen LogP contribution >= 0.6 is 11.8 Å². The van der Waals surface area contributed by atoms with Crippen molar-refractivity contribution in [3.8, 4) is 0 Å². The lowest BCUT2D eigenvalue weighted by Crippen LogP contribution is -2.37. The molecule has 0 bridgehead atoms. The molecular formula is C16H15FN4O2S. The third-order valence-corrected chi connectivity index (χ3v) is 4.73. The topological polar surface area (TPSA) is 69.8 Å². The number of aryl methyl sites for hydroxylation is 2. The minimum absolute atomic E-state index is 0.270. The third kappa shape index (κ3) is 2.73. The summed E-state index contributed by atoms with van der Waals surface area (Å²) in [7, 11) is 2.97. The molecule has 0 atom stereocenters. The van der Waals surface area contributed by atoms with Crippen LogP contribution in [0.4, 0.5) is 4.39 Å². The highest BCUT2D eigenvalue weighted by Gasteiger charge is 2.16. The maximum Gasteiger partial charge on any atom is 0.332 e. The molecule has 24 heavy (non-hydrogen) atoms. The van der Waals surface area contributed by atoms with Crippen molar-refractivity contribution in [2.24, 2.45) is 14.1 Å². The van der Waals surface area contributed by atoms with Crippen molar-refractivity contribution in [3.05, 3.63) is 62.3 Å². The molecule has 0 aliphatic carbocycles. The lowest BCUT2D eigenvalue weighted by molar-refractivity contribution is 0.617. The second-order valence-corrected chi connectivity index (χ2v) is 6.32. The fourth-order valence-corrected chi connectivity index (χ4v) is 3.44. The van der Waals surface area contributed by atoms with Crippen molar-refractivity contribution in [3.63, 3.8) is 0 Å². The van der Waals surface area contributed by atoms with Crippen LogP contribution in [-0.4, -0.2) is 19.1 Å². The average Bonchev–Trinajstić information content (AvgIpc) is 2.56. The second-order valence-electron chi connectivity index (χ2n) is 5.36. The molecule has 2 aromatic heterocycles. The van der Waals surface area contributed by atoms with Crippen LogP contribution in [0.15, 0.2) is 38.9 Å². The van der Waals surface area contributed by atoms with Gasteiger partial charge in [0.2, 0.25) is 0 Å². The van der Waals surface area contributed by atoms with Gasteiger partial charge in [0, 0.05) is 19.8 Å². The maximum absolute atomic E-state index is 13.8. The Kier molecular flexibility index (Phi) is 4.23. The van der Waals surface area contributed by atoms with E-state index < -0.39 is 11.2 Å². The molecule has 124 valence electrons. The van der Waals surface area contributed by atoms with Gasteiger partial charge < -0.3 is 0 Å². The number of thioether (sulfide) groups is 1. The number of nitrogens with zero attached hydrogens (tertiary/aromatic N) is 4. The molecule has 6 nitrogen and oxygen atoms in total. The number of halogens is 1. The Morgan fingerprint density at radius 2 is 1.83 bits per heavy atom. The van der Waals surface area contributed by atoms with Gasteiger partial charge in [-0.3, -0.25) is 13.9 Å². The first-order chi connectivity index (χ1) is 11.4. The largest absolute Gasteiger partial charge is 0.332 e. The summed E-state index contributed by atoms with van der Waals surface area (Å²) in [5.74, 6) is 0.465. The van der Waals surface area contributed by atoms with Gasteiger partial charge in [0.15, 0.2) is 5.65 Å². The van der Waals surface area contributed by atoms with Crippen molar-refractivity contribution in [2.45, 2.75) is 17.7 Å². The molecule has 0 radical (unpaired) electrons. The summed E-state index contributed by atoms with van der Waals surface area (Å²) in [5, 5.41) is 0.712. The smallest absolute Gasteiger partial charge is 0.280 e. The van der Waals surface area contributed by atoms with E-state index in [1.165, 1.54) is 29.4 Å². The molecule has 0 unspecified atom stereocenters. The van der Waals surface area contributed by atoms with Crippen molar-refractivity contribution in [1.82, 2.24) is 19.1 Å². The van der Waals surface area contributed by atoms with Crippen LogP contribution in [-0.2, 0) is 19.8 Å². The summed E-state index contributed by atoms with van der Waals surface area (Å²) < 4.78 is 16.1. The van der Waals surface area contributed by atoms with Gasteiger partial charge in [-0.2, -0.15) is 0 Å². The minimum atomic E-state index is -0.455. The summed E-state index contributed by atoms with van der Waals surface area (Å²) in [5.41, 5.74) is -0.0972. The van der Waals surface area contributed by atoms with Crippen LogP contribution in [0.3, 0.4) is 0 Å². The number of hydrogen-bond acceptors (Lipinski definition) is 5. The van der Waals surface area contributed by atoms with Gasteiger partial charge in [0.1, 0.15) is 22.1 Å². The summed E-state index contributed by atoms with van der Waals surface area (Å²) >= 11 is 1.25. The van der Waals surface area contributed by atoms with E-state index in [1.54, 1.807) is 32.2 Å². The molecule has 3 aromatic rings. The van der Waals surface area contributed by atoms with E-state index in [1.807, 2.05) is 0 Å². The van der Waals surface area contributed by atoms with E-state index in [0.717, 1.165) is 4.57 Å². The molecule has 8 heteroatoms. The third-order valence-electron chi connectivity index (χ3n) is 3.70. The molecule has 0 aliphatic heterocycles. The highest BCUT2D eigenvalue weighted by Crippen LogP contribution is 2.26. The summed E-state index contributed by atoms with van der Waals surface area (Å²) in [6, 6.07) is 6.46. The minimum Gasteiger partial charge on any atom is -0.280 e. The summed E-state index contributed by atoms with van der Waals surface area (Å²) in [6.07, 6.45) is 0. The highest BCUT2D eigenvalue weighted by atomic mass is 32.2. The standard InChI is InChI=1S/C16H15FN4O2S/c1-9-18-13-12(15(22)21(3)16(23)20(13)2)14(19-9)24-8-10-6-4-5-7-11(10)17/h4-7H,8H2,1-3H3. The van der Waals surface area contributed by atoms with Gasteiger partial charge in [-0.05, 0) is 18.6 Å². The predicted molar refractivity (Wildman–Crippen MR) is 90.7 cm³/mol. The molecule has 0 amide bonds. The monoisotopic (exact) mass is 346 g/mol. The maximum atomic E-state index is 13.8. The lowest BCUT2D eigenvalue weighted by Gasteiger charge is -2.10. The molecule has 0 spiro atoms. The van der Waals surface area contributed by atoms with Crippen LogP contribution in [0.5, 0.6) is 0 Å². The molecule has 0 aliphatic rings. The Morgan fingerprint density at radius 3 is 2.54 bits per heavy atom. The first-order valence-electron chi connectivity index (χ1n) is 7.20. The fourth-order valence-electron chi connectivity index (χ4n) is 2.40. The molecule has 0 N–H and O–H groups in total. The summed E-state index contributed by atoms with van der Waals surface area (Å²) in [4.78, 5) is 33.1. The van der Waals surface area contributed by atoms with E-state index in [-0.39, 0.29) is 16.9 Å². The quantitative estimate of drug-likeness (QED) is 0.534. The molecule has 1 aromatic carbocycles. The molecule has 3 rings (SSSR count). The molecule has 0 saturated carbocycles. The van der Waals surface area contributed by atoms with E-state index >= 15 is 0 Å². The molecule has 0 saturated heterocycles. The average molecular weight is 346 g/mol. The zero-order valence-corrected chi connectivity index (χ0v) is 14.2. The van der Waals surface area contributed by atoms with Gasteiger partial charge in [0.25, 0.3) is 5.56 Å². The van der Waals surface area contributed by atoms with Crippen LogP contribution < -0.4 is 11.2 Å². The lowest BCUT2D eigenvalue weighted by atomic mass is 10.2. The SMILES string of the molecule is Cc1nc(SCc2ccccc2F)c2c(=O)n(C)c(=O)n(C)c2n1. The Balaban J connectivity index is 2.16. The van der Waals surface area contributed by atoms with Crippen LogP contribution in [0.25, 0.3) is 11.0 Å². The molecule has 0 fully saturated rings. The zero-order chi connectivity index (χ0) is 17.4. The van der Waals surface area contributed by atoms with E-state index in [9.17, 15) is 14.0 Å². The van der Waals surface area contributed by atoms with Crippen LogP contribution in [0.1, 0.15) is 11.4 Å². The number of rotatable bonds is 3. The van der Waals surface area contributed by atoms with Crippen LogP contribution in [0, 0.1) is 12.7 Å². The van der Waals surface area contributed by atoms with Gasteiger partial charge in [-0.15, -0.1) is 11.8 Å². The molecule has 2 heterocycles. The first kappa shape index (κ1) is 16.4. The normalized spacial score (nSPS) is 11.2. The van der Waals surface area contributed by atoms with Crippen molar-refractivity contribution in [2.75, 3.05) is 0 Å². The summed E-state index contributed by atoms with van der Waals surface area (Å²) in [6.45, 7) is 1.69. The molecular weight excluding hydrogens is 331 g/mol. The number of fused-ring (bicyclic) bond motifs is 1. The predicted octanol–water partition coefficient (Wildman–Crippen LogP) is 1.77. The van der Waals surface area contributed by atoms with Gasteiger partial charge in [0.05, 0.1) is 0 Å². The zero-order valence-electron chi connectivity index (χ0n) is 13.4. The van der Waals surface area contributed by atoms with Crippen LogP contribution in [0.2, 0.25) is 0 Å². The Morgan fingerprint density at radius 1 is 1.12 bits per heavy atom. The van der Waals surface area contributed by atoms with Gasteiger partial charge in [-0.25, -0.2) is 19.2 Å². The Hall–Kier alpha value is -2.48. The Labute approximate surface area is 141 Å². The van der Waals surface area contributed by atoms with E-state index in [0.29, 0.717) is 22.2 Å². The van der Waals surface area contributed by atoms with Crippen molar-refractivity contribution >= 4 is 22.8 Å². The number of benzene rings is 1. The van der Waals surface area contributed by atoms with E-state index in [4.69, 9.17) is 0 Å². The van der Waals surface area contributed by atoms with E-state index in [2.05, 4.69) is 9.97 Å².